The number of thioether (sulfide) groups is 1. The van der Waals surface area contributed by atoms with E-state index in [0.717, 1.165) is 5.75 Å². The normalized spacial score (nSPS) is 12.7. The Kier molecular flexibility index (Phi) is 4.78. The third kappa shape index (κ3) is 2.90. The van der Waals surface area contributed by atoms with E-state index < -0.39 is 10.8 Å². The van der Waals surface area contributed by atoms with Gasteiger partial charge in [0.15, 0.2) is 0 Å². The van der Waals surface area contributed by atoms with E-state index in [0.29, 0.717) is 21.4 Å². The van der Waals surface area contributed by atoms with Crippen LogP contribution in [0.5, 0.6) is 0 Å². The fourth-order valence-electron chi connectivity index (χ4n) is 1.03. The first-order valence-corrected chi connectivity index (χ1v) is 7.17. The van der Waals surface area contributed by atoms with Gasteiger partial charge < -0.3 is 5.73 Å². The highest BCUT2D eigenvalue weighted by Crippen LogP contribution is 2.25. The minimum atomic E-state index is -1.08. The van der Waals surface area contributed by atoms with Crippen molar-refractivity contribution >= 4 is 39.8 Å². The fraction of sp³-hybridized carbons (Fsp3) is 0.333. The summed E-state index contributed by atoms with van der Waals surface area (Å²) < 4.78 is 11.8. The van der Waals surface area contributed by atoms with Gasteiger partial charge in [0.05, 0.1) is 20.7 Å². The Hall–Kier alpha value is -0.190. The average molecular weight is 250 g/mol. The molecule has 0 radical (unpaired) electrons. The van der Waals surface area contributed by atoms with E-state index in [1.54, 1.807) is 30.0 Å². The van der Waals surface area contributed by atoms with Crippen LogP contribution >= 0.6 is 23.4 Å². The number of nitrogen functional groups attached to an aromatic ring is 1. The number of rotatable bonds is 4. The maximum Gasteiger partial charge on any atom is 0.0803 e. The van der Waals surface area contributed by atoms with Crippen LogP contribution in [0.2, 0.25) is 5.02 Å². The van der Waals surface area contributed by atoms with Crippen LogP contribution in [0.3, 0.4) is 0 Å². The minimum Gasteiger partial charge on any atom is -0.398 e. The Balaban J connectivity index is 2.89. The maximum atomic E-state index is 11.8. The van der Waals surface area contributed by atoms with Gasteiger partial charge in [-0.15, -0.1) is 0 Å². The van der Waals surface area contributed by atoms with Gasteiger partial charge >= 0.3 is 0 Å². The average Bonchev–Trinajstić information content (AvgIpc) is 2.14. The molecular weight excluding hydrogens is 238 g/mol. The highest BCUT2D eigenvalue weighted by molar-refractivity contribution is 7.99. The third-order valence-electron chi connectivity index (χ3n) is 1.70. The Morgan fingerprint density at radius 1 is 1.57 bits per heavy atom. The van der Waals surface area contributed by atoms with E-state index >= 15 is 0 Å². The molecule has 1 aromatic rings. The number of hydrogen-bond donors (Lipinski definition) is 1. The van der Waals surface area contributed by atoms with Gasteiger partial charge in [-0.05, 0) is 18.4 Å². The highest BCUT2D eigenvalue weighted by atomic mass is 35.5. The maximum absolute atomic E-state index is 11.8. The monoisotopic (exact) mass is 249 g/mol. The number of halogens is 1. The summed E-state index contributed by atoms with van der Waals surface area (Å²) in [7, 11) is -1.08. The van der Waals surface area contributed by atoms with Gasteiger partial charge in [-0.25, -0.2) is 0 Å². The van der Waals surface area contributed by atoms with Gasteiger partial charge in [-0.3, -0.25) is 4.21 Å². The summed E-state index contributed by atoms with van der Waals surface area (Å²) in [6, 6.07) is 5.19. The van der Waals surface area contributed by atoms with E-state index in [-0.39, 0.29) is 0 Å². The lowest BCUT2D eigenvalue weighted by Gasteiger charge is -2.06. The molecular formula is C9H12ClNOS2. The smallest absolute Gasteiger partial charge is 0.0803 e. The molecule has 0 aliphatic heterocycles. The molecule has 0 bridgehead atoms. The molecule has 1 aromatic carbocycles. The van der Waals surface area contributed by atoms with Crippen LogP contribution in [-0.4, -0.2) is 22.0 Å². The molecule has 0 aromatic heterocycles. The first kappa shape index (κ1) is 11.9. The van der Waals surface area contributed by atoms with E-state index in [1.807, 2.05) is 6.26 Å². The molecule has 1 atom stereocenters. The Labute approximate surface area is 95.7 Å². The molecule has 0 amide bonds. The molecule has 14 heavy (non-hydrogen) atoms. The zero-order chi connectivity index (χ0) is 10.6. The van der Waals surface area contributed by atoms with Crippen molar-refractivity contribution in [1.82, 2.24) is 0 Å². The van der Waals surface area contributed by atoms with Gasteiger partial charge in [-0.1, -0.05) is 17.7 Å². The van der Waals surface area contributed by atoms with Gasteiger partial charge in [0.1, 0.15) is 0 Å². The molecule has 1 unspecified atom stereocenters. The lowest BCUT2D eigenvalue weighted by Crippen LogP contribution is -2.04. The molecule has 0 saturated heterocycles. The van der Waals surface area contributed by atoms with E-state index in [2.05, 4.69) is 0 Å². The van der Waals surface area contributed by atoms with Crippen LogP contribution < -0.4 is 5.73 Å². The molecule has 0 heterocycles. The molecule has 5 heteroatoms. The number of benzene rings is 1. The summed E-state index contributed by atoms with van der Waals surface area (Å²) in [5.41, 5.74) is 6.22. The quantitative estimate of drug-likeness (QED) is 0.834. The molecule has 78 valence electrons. The van der Waals surface area contributed by atoms with E-state index in [4.69, 9.17) is 17.3 Å². The second-order valence-corrected chi connectivity index (χ2v) is 5.60. The second kappa shape index (κ2) is 5.63. The van der Waals surface area contributed by atoms with Crippen LogP contribution in [0.4, 0.5) is 5.69 Å². The minimum absolute atomic E-state index is 0.490. The summed E-state index contributed by atoms with van der Waals surface area (Å²) >= 11 is 7.58. The Morgan fingerprint density at radius 3 is 2.86 bits per heavy atom. The molecule has 0 fully saturated rings. The van der Waals surface area contributed by atoms with Crippen molar-refractivity contribution in [3.05, 3.63) is 23.2 Å². The van der Waals surface area contributed by atoms with E-state index in [9.17, 15) is 4.21 Å². The SMILES string of the molecule is CSCCS(=O)c1c(N)cccc1Cl. The Morgan fingerprint density at radius 2 is 2.29 bits per heavy atom. The second-order valence-electron chi connectivity index (χ2n) is 2.70. The van der Waals surface area contributed by atoms with Crippen LogP contribution in [0, 0.1) is 0 Å². The van der Waals surface area contributed by atoms with Crippen molar-refractivity contribution in [2.24, 2.45) is 0 Å². The van der Waals surface area contributed by atoms with Crippen molar-refractivity contribution in [3.63, 3.8) is 0 Å². The van der Waals surface area contributed by atoms with Gasteiger partial charge in [0.2, 0.25) is 0 Å². The van der Waals surface area contributed by atoms with Gasteiger partial charge in [0.25, 0.3) is 0 Å². The first-order valence-electron chi connectivity index (χ1n) is 4.08. The zero-order valence-corrected chi connectivity index (χ0v) is 10.2. The fourth-order valence-corrected chi connectivity index (χ4v) is 3.56. The zero-order valence-electron chi connectivity index (χ0n) is 7.83. The lowest BCUT2D eigenvalue weighted by atomic mass is 10.3. The Bertz CT molecular complexity index is 323. The van der Waals surface area contributed by atoms with Crippen LogP contribution in [0.25, 0.3) is 0 Å². The molecule has 0 aliphatic rings. The van der Waals surface area contributed by atoms with Crippen LogP contribution in [0.15, 0.2) is 23.1 Å². The van der Waals surface area contributed by atoms with Crippen molar-refractivity contribution < 1.29 is 4.21 Å². The van der Waals surface area contributed by atoms with Crippen molar-refractivity contribution in [1.29, 1.82) is 0 Å². The molecule has 0 aliphatic carbocycles. The summed E-state index contributed by atoms with van der Waals surface area (Å²) in [6.07, 6.45) is 1.98. The molecule has 1 rings (SSSR count). The lowest BCUT2D eigenvalue weighted by molar-refractivity contribution is 0.684. The summed E-state index contributed by atoms with van der Waals surface area (Å²) in [5, 5.41) is 0.490. The van der Waals surface area contributed by atoms with Crippen molar-refractivity contribution in [3.8, 4) is 0 Å². The molecule has 0 saturated carbocycles. The first-order chi connectivity index (χ1) is 6.66. The highest BCUT2D eigenvalue weighted by Gasteiger charge is 2.11. The number of anilines is 1. The summed E-state index contributed by atoms with van der Waals surface area (Å²) in [6.45, 7) is 0. The number of hydrogen-bond acceptors (Lipinski definition) is 3. The van der Waals surface area contributed by atoms with Gasteiger partial charge in [-0.2, -0.15) is 11.8 Å². The standard InChI is InChI=1S/C9H12ClNOS2/c1-13-5-6-14(12)9-7(10)3-2-4-8(9)11/h2-4H,5-6,11H2,1H3. The summed E-state index contributed by atoms with van der Waals surface area (Å²) in [4.78, 5) is 0.572. The predicted molar refractivity (Wildman–Crippen MR) is 65.5 cm³/mol. The van der Waals surface area contributed by atoms with Crippen LogP contribution in [0.1, 0.15) is 0 Å². The topological polar surface area (TPSA) is 43.1 Å². The molecule has 0 spiro atoms. The molecule has 2 nitrogen and oxygen atoms in total. The van der Waals surface area contributed by atoms with E-state index in [1.165, 1.54) is 0 Å². The third-order valence-corrected chi connectivity index (χ3v) is 4.48. The number of nitrogens with two attached hydrogens (primary N) is 1. The molecule has 2 N–H and O–H groups in total. The largest absolute Gasteiger partial charge is 0.398 e. The van der Waals surface area contributed by atoms with Crippen molar-refractivity contribution in [2.45, 2.75) is 4.90 Å². The predicted octanol–water partition coefficient (Wildman–Crippen LogP) is 2.39. The van der Waals surface area contributed by atoms with Crippen molar-refractivity contribution in [2.75, 3.05) is 23.5 Å². The van der Waals surface area contributed by atoms with Crippen LogP contribution in [-0.2, 0) is 10.8 Å². The summed E-state index contributed by atoms with van der Waals surface area (Å²) in [5.74, 6) is 1.44. The van der Waals surface area contributed by atoms with Gasteiger partial charge in [0, 0.05) is 17.2 Å².